The van der Waals surface area contributed by atoms with Crippen LogP contribution in [0.4, 0.5) is 0 Å². The first-order valence-corrected chi connectivity index (χ1v) is 7.55. The molecule has 1 aromatic carbocycles. The molecule has 2 N–H and O–H groups in total. The summed E-state index contributed by atoms with van der Waals surface area (Å²) in [5, 5.41) is 18.9. The van der Waals surface area contributed by atoms with E-state index in [9.17, 15) is 9.90 Å². The summed E-state index contributed by atoms with van der Waals surface area (Å²) in [6.07, 6.45) is -0.457. The van der Waals surface area contributed by atoms with Crippen LogP contribution < -0.4 is 0 Å². The maximum absolute atomic E-state index is 11.0. The van der Waals surface area contributed by atoms with Gasteiger partial charge >= 0.3 is 5.97 Å². The highest BCUT2D eigenvalue weighted by Gasteiger charge is 2.46. The summed E-state index contributed by atoms with van der Waals surface area (Å²) < 4.78 is 0. The zero-order valence-corrected chi connectivity index (χ0v) is 13.1. The molecular formula is C16H21NO3S. The normalized spacial score (nSPS) is 24.9. The summed E-state index contributed by atoms with van der Waals surface area (Å²) in [6, 6.07) is 9.74. The van der Waals surface area contributed by atoms with Crippen LogP contribution >= 0.6 is 12.2 Å². The number of hydrogen-bond acceptors (Lipinski definition) is 4. The van der Waals surface area contributed by atoms with Crippen LogP contribution in [0, 0.1) is 11.8 Å². The van der Waals surface area contributed by atoms with Crippen molar-refractivity contribution in [3.8, 4) is 0 Å². The fraction of sp³-hybridized carbons (Fsp3) is 0.500. The Balaban J connectivity index is 2.15. The van der Waals surface area contributed by atoms with Gasteiger partial charge < -0.3 is 10.2 Å². The van der Waals surface area contributed by atoms with Crippen LogP contribution in [-0.2, 0) is 4.79 Å². The van der Waals surface area contributed by atoms with Crippen LogP contribution in [0.5, 0.6) is 0 Å². The van der Waals surface area contributed by atoms with Crippen molar-refractivity contribution in [3.63, 3.8) is 0 Å². The standard InChI is InChI=1S/C16H21NO3S/c1-10(16(21)12-6-4-3-5-7-12)15-13(11(2)18)8-17(15)9-14(19)20/h3-7,10-11,13,15,18H,8-9H2,1-2H3,(H,19,20)/t10-,11-,13-,15-/m1/s1. The van der Waals surface area contributed by atoms with Crippen molar-refractivity contribution in [2.45, 2.75) is 26.0 Å². The molecule has 0 unspecified atom stereocenters. The SMILES string of the molecule is C[C@@H](O)[C@H]1CN(CC(=O)O)[C@@H]1[C@@H](C)C(=S)c1ccccc1. The Labute approximate surface area is 130 Å². The summed E-state index contributed by atoms with van der Waals surface area (Å²) in [5.41, 5.74) is 0.992. The van der Waals surface area contributed by atoms with Crippen molar-refractivity contribution in [2.24, 2.45) is 11.8 Å². The average molecular weight is 307 g/mol. The third-order valence-corrected chi connectivity index (χ3v) is 4.86. The van der Waals surface area contributed by atoms with Crippen molar-refractivity contribution >= 4 is 23.1 Å². The molecule has 1 aromatic rings. The molecule has 5 heteroatoms. The number of aliphatic carboxylic acids is 1. The van der Waals surface area contributed by atoms with Gasteiger partial charge in [0.15, 0.2) is 0 Å². The molecule has 4 atom stereocenters. The molecule has 0 aromatic heterocycles. The van der Waals surface area contributed by atoms with E-state index in [1.54, 1.807) is 6.92 Å². The second kappa shape index (κ2) is 6.64. The Morgan fingerprint density at radius 3 is 2.52 bits per heavy atom. The van der Waals surface area contributed by atoms with E-state index in [-0.39, 0.29) is 24.4 Å². The number of carboxylic acid groups (broad SMARTS) is 1. The first kappa shape index (κ1) is 16.1. The molecule has 1 saturated heterocycles. The second-order valence-electron chi connectivity index (χ2n) is 5.74. The summed E-state index contributed by atoms with van der Waals surface area (Å²) in [6.45, 7) is 4.38. The van der Waals surface area contributed by atoms with Crippen molar-refractivity contribution in [3.05, 3.63) is 35.9 Å². The Bertz CT molecular complexity index is 518. The fourth-order valence-corrected chi connectivity index (χ4v) is 3.40. The van der Waals surface area contributed by atoms with Gasteiger partial charge in [-0.2, -0.15) is 0 Å². The summed E-state index contributed by atoms with van der Waals surface area (Å²) >= 11 is 5.57. The maximum atomic E-state index is 11.0. The van der Waals surface area contributed by atoms with E-state index >= 15 is 0 Å². The molecule has 1 aliphatic heterocycles. The number of benzene rings is 1. The van der Waals surface area contributed by atoms with E-state index in [1.165, 1.54) is 0 Å². The zero-order chi connectivity index (χ0) is 15.6. The quantitative estimate of drug-likeness (QED) is 0.620. The van der Waals surface area contributed by atoms with Gasteiger partial charge in [0.1, 0.15) is 0 Å². The van der Waals surface area contributed by atoms with Crippen LogP contribution in [0.25, 0.3) is 0 Å². The number of nitrogens with zero attached hydrogens (tertiary/aromatic N) is 1. The van der Waals surface area contributed by atoms with E-state index in [4.69, 9.17) is 17.3 Å². The van der Waals surface area contributed by atoms with E-state index in [0.717, 1.165) is 10.4 Å². The lowest BCUT2D eigenvalue weighted by molar-refractivity contribution is -0.145. The smallest absolute Gasteiger partial charge is 0.317 e. The summed E-state index contributed by atoms with van der Waals surface area (Å²) in [5.74, 6) is -0.752. The molecule has 4 nitrogen and oxygen atoms in total. The van der Waals surface area contributed by atoms with Crippen molar-refractivity contribution in [1.82, 2.24) is 4.90 Å². The van der Waals surface area contributed by atoms with Gasteiger partial charge in [-0.05, 0) is 12.5 Å². The molecule has 114 valence electrons. The maximum Gasteiger partial charge on any atom is 0.317 e. The predicted octanol–water partition coefficient (Wildman–Crippen LogP) is 1.81. The molecule has 0 amide bonds. The second-order valence-corrected chi connectivity index (χ2v) is 6.18. The number of aliphatic hydroxyl groups excluding tert-OH is 1. The molecule has 0 saturated carbocycles. The molecule has 0 radical (unpaired) electrons. The van der Waals surface area contributed by atoms with Crippen LogP contribution in [0.3, 0.4) is 0 Å². The minimum atomic E-state index is -0.845. The Hall–Kier alpha value is -1.30. The Kier molecular flexibility index (Phi) is 5.08. The lowest BCUT2D eigenvalue weighted by atomic mass is 9.75. The van der Waals surface area contributed by atoms with Gasteiger partial charge in [0, 0.05) is 29.3 Å². The first-order valence-electron chi connectivity index (χ1n) is 7.15. The third-order valence-electron chi connectivity index (χ3n) is 4.25. The highest BCUT2D eigenvalue weighted by atomic mass is 32.1. The van der Waals surface area contributed by atoms with Crippen LogP contribution in [0.15, 0.2) is 30.3 Å². The van der Waals surface area contributed by atoms with Crippen LogP contribution in [0.1, 0.15) is 19.4 Å². The number of thiocarbonyl (C=S) groups is 1. The topological polar surface area (TPSA) is 60.8 Å². The predicted molar refractivity (Wildman–Crippen MR) is 85.5 cm³/mol. The molecule has 1 aliphatic rings. The van der Waals surface area contributed by atoms with E-state index in [2.05, 4.69) is 0 Å². The lowest BCUT2D eigenvalue weighted by Crippen LogP contribution is -2.64. The number of likely N-dealkylation sites (tertiary alicyclic amines) is 1. The van der Waals surface area contributed by atoms with Crippen molar-refractivity contribution in [1.29, 1.82) is 0 Å². The molecule has 0 spiro atoms. The number of rotatable bonds is 6. The lowest BCUT2D eigenvalue weighted by Gasteiger charge is -2.51. The van der Waals surface area contributed by atoms with E-state index < -0.39 is 12.1 Å². The van der Waals surface area contributed by atoms with Crippen LogP contribution in [-0.4, -0.2) is 51.2 Å². The van der Waals surface area contributed by atoms with Gasteiger partial charge in [-0.3, -0.25) is 9.69 Å². The van der Waals surface area contributed by atoms with E-state index in [0.29, 0.717) is 6.54 Å². The van der Waals surface area contributed by atoms with Gasteiger partial charge in [-0.25, -0.2) is 0 Å². The summed E-state index contributed by atoms with van der Waals surface area (Å²) in [7, 11) is 0. The van der Waals surface area contributed by atoms with Gasteiger partial charge in [0.2, 0.25) is 0 Å². The molecule has 1 heterocycles. The van der Waals surface area contributed by atoms with Gasteiger partial charge in [-0.1, -0.05) is 49.5 Å². The molecular weight excluding hydrogens is 286 g/mol. The van der Waals surface area contributed by atoms with E-state index in [1.807, 2.05) is 42.2 Å². The average Bonchev–Trinajstić information content (AvgIpc) is 2.42. The molecule has 0 aliphatic carbocycles. The Morgan fingerprint density at radius 1 is 1.38 bits per heavy atom. The minimum absolute atomic E-state index is 0.00434. The fourth-order valence-electron chi connectivity index (χ4n) is 3.12. The highest BCUT2D eigenvalue weighted by molar-refractivity contribution is 7.80. The number of hydrogen-bond donors (Lipinski definition) is 2. The highest BCUT2D eigenvalue weighted by Crippen LogP contribution is 2.34. The number of aliphatic hydroxyl groups is 1. The van der Waals surface area contributed by atoms with Crippen LogP contribution in [0.2, 0.25) is 0 Å². The zero-order valence-electron chi connectivity index (χ0n) is 12.3. The monoisotopic (exact) mass is 307 g/mol. The van der Waals surface area contributed by atoms with Crippen molar-refractivity contribution in [2.75, 3.05) is 13.1 Å². The third kappa shape index (κ3) is 3.48. The number of carbonyl (C=O) groups is 1. The van der Waals surface area contributed by atoms with Gasteiger partial charge in [0.25, 0.3) is 0 Å². The molecule has 21 heavy (non-hydrogen) atoms. The van der Waals surface area contributed by atoms with Gasteiger partial charge in [-0.15, -0.1) is 0 Å². The van der Waals surface area contributed by atoms with Gasteiger partial charge in [0.05, 0.1) is 12.6 Å². The molecule has 2 rings (SSSR count). The molecule has 1 fully saturated rings. The Morgan fingerprint density at radius 2 is 2.00 bits per heavy atom. The van der Waals surface area contributed by atoms with Crippen molar-refractivity contribution < 1.29 is 15.0 Å². The largest absolute Gasteiger partial charge is 0.480 e. The summed E-state index contributed by atoms with van der Waals surface area (Å²) in [4.78, 5) is 13.7. The molecule has 0 bridgehead atoms. The number of carboxylic acids is 1. The minimum Gasteiger partial charge on any atom is -0.480 e. The first-order chi connectivity index (χ1) is 9.91.